The molecule has 0 saturated carbocycles. The highest BCUT2D eigenvalue weighted by atomic mass is 32.2. The van der Waals surface area contributed by atoms with Crippen LogP contribution in [0.4, 0.5) is 23.1 Å². The molecule has 0 aliphatic carbocycles. The SMILES string of the molecule is O=C(O)N[C@@H]1CCOc2c(C(=O)Nc3ccc(F)c(F)c3)ccc(SF)c21. The highest BCUT2D eigenvalue weighted by Crippen LogP contribution is 2.42. The van der Waals surface area contributed by atoms with Crippen molar-refractivity contribution in [3.05, 3.63) is 53.1 Å². The normalized spacial score (nSPS) is 15.4. The Kier molecular flexibility index (Phi) is 5.45. The van der Waals surface area contributed by atoms with Gasteiger partial charge in [0.05, 0.1) is 30.4 Å². The summed E-state index contributed by atoms with van der Waals surface area (Å²) < 4.78 is 45.1. The second-order valence-corrected chi connectivity index (χ2v) is 6.25. The van der Waals surface area contributed by atoms with Crippen LogP contribution in [0.2, 0.25) is 0 Å². The predicted molar refractivity (Wildman–Crippen MR) is 91.7 cm³/mol. The number of benzene rings is 2. The molecule has 3 rings (SSSR count). The molecule has 6 nitrogen and oxygen atoms in total. The Balaban J connectivity index is 1.97. The van der Waals surface area contributed by atoms with E-state index in [0.717, 1.165) is 12.1 Å². The minimum atomic E-state index is -1.29. The van der Waals surface area contributed by atoms with Crippen molar-refractivity contribution in [2.24, 2.45) is 0 Å². The summed E-state index contributed by atoms with van der Waals surface area (Å²) in [4.78, 5) is 23.7. The van der Waals surface area contributed by atoms with Crippen LogP contribution in [0.5, 0.6) is 5.75 Å². The van der Waals surface area contributed by atoms with E-state index in [1.165, 1.54) is 18.2 Å². The molecule has 0 aromatic heterocycles. The van der Waals surface area contributed by atoms with Gasteiger partial charge in [-0.05, 0) is 24.3 Å². The van der Waals surface area contributed by atoms with Crippen molar-refractivity contribution in [2.75, 3.05) is 11.9 Å². The molecule has 3 N–H and O–H groups in total. The van der Waals surface area contributed by atoms with Crippen LogP contribution in [-0.4, -0.2) is 23.7 Å². The first-order valence-corrected chi connectivity index (χ1v) is 8.46. The van der Waals surface area contributed by atoms with Crippen molar-refractivity contribution in [3.63, 3.8) is 0 Å². The monoisotopic (exact) mass is 398 g/mol. The van der Waals surface area contributed by atoms with Gasteiger partial charge >= 0.3 is 6.09 Å². The molecule has 1 aliphatic heterocycles. The second-order valence-electron chi connectivity index (χ2n) is 5.65. The number of nitrogens with one attached hydrogen (secondary N) is 2. The lowest BCUT2D eigenvalue weighted by Gasteiger charge is -2.28. The molecule has 1 heterocycles. The van der Waals surface area contributed by atoms with Crippen LogP contribution in [0, 0.1) is 11.6 Å². The smallest absolute Gasteiger partial charge is 0.405 e. The van der Waals surface area contributed by atoms with E-state index >= 15 is 0 Å². The Morgan fingerprint density at radius 1 is 1.19 bits per heavy atom. The third-order valence-corrected chi connectivity index (χ3v) is 4.48. The zero-order chi connectivity index (χ0) is 19.6. The highest BCUT2D eigenvalue weighted by molar-refractivity contribution is 7.94. The molecule has 1 aliphatic rings. The first kappa shape index (κ1) is 18.9. The van der Waals surface area contributed by atoms with Crippen molar-refractivity contribution in [2.45, 2.75) is 17.4 Å². The minimum Gasteiger partial charge on any atom is -0.492 e. The van der Waals surface area contributed by atoms with Crippen LogP contribution < -0.4 is 15.4 Å². The largest absolute Gasteiger partial charge is 0.492 e. The minimum absolute atomic E-state index is 0.0180. The number of rotatable bonds is 4. The molecule has 0 unspecified atom stereocenters. The number of anilines is 1. The number of ether oxygens (including phenoxy) is 1. The first-order chi connectivity index (χ1) is 12.9. The molecular formula is C17H13F3N2O4S. The van der Waals surface area contributed by atoms with E-state index in [1.54, 1.807) is 0 Å². The fourth-order valence-electron chi connectivity index (χ4n) is 2.80. The number of fused-ring (bicyclic) bond motifs is 1. The maximum Gasteiger partial charge on any atom is 0.405 e. The Labute approximate surface area is 156 Å². The van der Waals surface area contributed by atoms with Crippen LogP contribution in [0.15, 0.2) is 35.2 Å². The van der Waals surface area contributed by atoms with E-state index in [2.05, 4.69) is 10.6 Å². The second kappa shape index (κ2) is 7.78. The molecule has 10 heteroatoms. The summed E-state index contributed by atoms with van der Waals surface area (Å²) in [6.07, 6.45) is -1.03. The summed E-state index contributed by atoms with van der Waals surface area (Å²) in [5.41, 5.74) is 0.256. The number of halogens is 3. The standard InChI is InChI=1S/C17H13F3N2O4S/c18-10-3-1-8(7-11(10)19)21-16(23)9-2-4-13(27-20)14-12(22-17(24)25)5-6-26-15(9)14/h1-4,7,12,22H,5-6H2,(H,21,23)(H,24,25)/t12-/m1/s1. The predicted octanol–water partition coefficient (Wildman–Crippen LogP) is 4.28. The zero-order valence-corrected chi connectivity index (χ0v) is 14.4. The Hall–Kier alpha value is -2.88. The van der Waals surface area contributed by atoms with Gasteiger partial charge in [-0.3, -0.25) is 4.79 Å². The van der Waals surface area contributed by atoms with Gasteiger partial charge in [-0.25, -0.2) is 13.6 Å². The molecule has 0 spiro atoms. The summed E-state index contributed by atoms with van der Waals surface area (Å²) in [5.74, 6) is -2.83. The van der Waals surface area contributed by atoms with E-state index in [4.69, 9.17) is 9.84 Å². The lowest BCUT2D eigenvalue weighted by atomic mass is 9.97. The van der Waals surface area contributed by atoms with Crippen LogP contribution in [0.3, 0.4) is 0 Å². The number of hydrogen-bond donors (Lipinski definition) is 3. The van der Waals surface area contributed by atoms with Crippen molar-refractivity contribution in [3.8, 4) is 5.75 Å². The van der Waals surface area contributed by atoms with Gasteiger partial charge in [0.25, 0.3) is 5.91 Å². The molecule has 2 amide bonds. The van der Waals surface area contributed by atoms with Crippen molar-refractivity contribution < 1.29 is 32.1 Å². The summed E-state index contributed by atoms with van der Waals surface area (Å²) in [6, 6.07) is 4.77. The van der Waals surface area contributed by atoms with Crippen LogP contribution in [0.1, 0.15) is 28.4 Å². The van der Waals surface area contributed by atoms with Gasteiger partial charge in [-0.15, -0.1) is 0 Å². The molecule has 0 radical (unpaired) electrons. The molecule has 0 bridgehead atoms. The van der Waals surface area contributed by atoms with Crippen molar-refractivity contribution in [1.82, 2.24) is 5.32 Å². The number of carboxylic acid groups (broad SMARTS) is 1. The third-order valence-electron chi connectivity index (χ3n) is 3.96. The Bertz CT molecular complexity index is 910. The van der Waals surface area contributed by atoms with E-state index in [0.29, 0.717) is 0 Å². The van der Waals surface area contributed by atoms with Gasteiger partial charge in [0.2, 0.25) is 0 Å². The van der Waals surface area contributed by atoms with Gasteiger partial charge in [0, 0.05) is 28.6 Å². The quantitative estimate of drug-likeness (QED) is 0.715. The maximum absolute atomic E-state index is 13.3. The van der Waals surface area contributed by atoms with Crippen LogP contribution >= 0.6 is 12.1 Å². The van der Waals surface area contributed by atoms with E-state index in [-0.39, 0.29) is 52.6 Å². The number of hydrogen-bond acceptors (Lipinski definition) is 4. The van der Waals surface area contributed by atoms with Gasteiger partial charge in [0.15, 0.2) is 11.6 Å². The van der Waals surface area contributed by atoms with Crippen molar-refractivity contribution >= 4 is 29.8 Å². The van der Waals surface area contributed by atoms with E-state index < -0.39 is 29.7 Å². The lowest BCUT2D eigenvalue weighted by molar-refractivity contribution is 0.102. The molecule has 27 heavy (non-hydrogen) atoms. The number of carbonyl (C=O) groups is 2. The average Bonchev–Trinajstić information content (AvgIpc) is 2.63. The summed E-state index contributed by atoms with van der Waals surface area (Å²) >= 11 is -0.0937. The molecule has 2 aromatic rings. The van der Waals surface area contributed by atoms with Crippen molar-refractivity contribution in [1.29, 1.82) is 0 Å². The van der Waals surface area contributed by atoms with Gasteiger partial charge < -0.3 is 20.5 Å². The van der Waals surface area contributed by atoms with E-state index in [1.807, 2.05) is 0 Å². The molecule has 2 aromatic carbocycles. The Morgan fingerprint density at radius 2 is 1.96 bits per heavy atom. The maximum atomic E-state index is 13.3. The molecule has 0 fully saturated rings. The average molecular weight is 398 g/mol. The van der Waals surface area contributed by atoms with Gasteiger partial charge in [-0.2, -0.15) is 3.89 Å². The van der Waals surface area contributed by atoms with Crippen LogP contribution in [0.25, 0.3) is 0 Å². The van der Waals surface area contributed by atoms with E-state index in [9.17, 15) is 22.3 Å². The Morgan fingerprint density at radius 3 is 2.63 bits per heavy atom. The zero-order valence-electron chi connectivity index (χ0n) is 13.6. The summed E-state index contributed by atoms with van der Waals surface area (Å²) in [7, 11) is 0. The first-order valence-electron chi connectivity index (χ1n) is 7.75. The van der Waals surface area contributed by atoms with Gasteiger partial charge in [-0.1, -0.05) is 0 Å². The third kappa shape index (κ3) is 3.95. The molecular weight excluding hydrogens is 385 g/mol. The fraction of sp³-hybridized carbons (Fsp3) is 0.176. The lowest BCUT2D eigenvalue weighted by Crippen LogP contribution is -2.32. The number of amides is 2. The molecule has 0 saturated heterocycles. The summed E-state index contributed by atoms with van der Waals surface area (Å²) in [5, 5.41) is 13.7. The topological polar surface area (TPSA) is 87.7 Å². The molecule has 1 atom stereocenters. The fourth-order valence-corrected chi connectivity index (χ4v) is 3.24. The van der Waals surface area contributed by atoms with Gasteiger partial charge in [0.1, 0.15) is 5.75 Å². The molecule has 142 valence electrons. The number of carbonyl (C=O) groups excluding carboxylic acids is 1. The summed E-state index contributed by atoms with van der Waals surface area (Å²) in [6.45, 7) is 0.115. The highest BCUT2D eigenvalue weighted by Gasteiger charge is 2.30. The van der Waals surface area contributed by atoms with Crippen LogP contribution in [-0.2, 0) is 0 Å².